The summed E-state index contributed by atoms with van der Waals surface area (Å²) in [6.45, 7) is 6.09. The molecule has 18 heavy (non-hydrogen) atoms. The maximum absolute atomic E-state index is 5.18. The van der Waals surface area contributed by atoms with E-state index in [9.17, 15) is 0 Å². The monoisotopic (exact) mass is 247 g/mol. The summed E-state index contributed by atoms with van der Waals surface area (Å²) in [6, 6.07) is 8.46. The third kappa shape index (κ3) is 3.74. The van der Waals surface area contributed by atoms with Gasteiger partial charge in [-0.05, 0) is 56.0 Å². The first-order valence-corrected chi connectivity index (χ1v) is 7.17. The van der Waals surface area contributed by atoms with Crippen molar-refractivity contribution in [1.82, 2.24) is 4.90 Å². The number of nitrogens with zero attached hydrogens (tertiary/aromatic N) is 1. The van der Waals surface area contributed by atoms with Crippen LogP contribution in [0, 0.1) is 5.92 Å². The normalized spacial score (nSPS) is 17.9. The number of hydrogen-bond donors (Lipinski definition) is 0. The number of ether oxygens (including phenoxy) is 1. The lowest BCUT2D eigenvalue weighted by molar-refractivity contribution is 0.184. The predicted molar refractivity (Wildman–Crippen MR) is 76.2 cm³/mol. The lowest BCUT2D eigenvalue weighted by Crippen LogP contribution is -2.34. The highest BCUT2D eigenvalue weighted by Crippen LogP contribution is 2.20. The van der Waals surface area contributed by atoms with E-state index in [0.717, 1.165) is 18.1 Å². The Kier molecular flexibility index (Phi) is 5.06. The van der Waals surface area contributed by atoms with Crippen molar-refractivity contribution in [2.24, 2.45) is 5.92 Å². The van der Waals surface area contributed by atoms with Crippen molar-refractivity contribution >= 4 is 0 Å². The van der Waals surface area contributed by atoms with Crippen LogP contribution in [-0.4, -0.2) is 31.6 Å². The molecule has 0 N–H and O–H groups in total. The highest BCUT2D eigenvalue weighted by atomic mass is 16.5. The van der Waals surface area contributed by atoms with Gasteiger partial charge in [0.15, 0.2) is 0 Å². The van der Waals surface area contributed by atoms with Gasteiger partial charge in [0.2, 0.25) is 0 Å². The molecule has 1 heterocycles. The van der Waals surface area contributed by atoms with Gasteiger partial charge in [-0.15, -0.1) is 0 Å². The van der Waals surface area contributed by atoms with Gasteiger partial charge in [-0.2, -0.15) is 0 Å². The molecule has 1 aromatic carbocycles. The van der Waals surface area contributed by atoms with Crippen molar-refractivity contribution in [2.45, 2.75) is 32.6 Å². The van der Waals surface area contributed by atoms with Crippen LogP contribution in [0.3, 0.4) is 0 Å². The van der Waals surface area contributed by atoms with Crippen molar-refractivity contribution in [3.8, 4) is 5.75 Å². The third-order valence-electron chi connectivity index (χ3n) is 4.16. The molecule has 1 aliphatic rings. The first-order valence-electron chi connectivity index (χ1n) is 7.17. The van der Waals surface area contributed by atoms with E-state index in [1.807, 2.05) is 0 Å². The van der Waals surface area contributed by atoms with E-state index < -0.39 is 0 Å². The molecule has 2 rings (SSSR count). The Morgan fingerprint density at radius 1 is 1.17 bits per heavy atom. The van der Waals surface area contributed by atoms with Crippen molar-refractivity contribution < 1.29 is 4.74 Å². The largest absolute Gasteiger partial charge is 0.497 e. The molecule has 100 valence electrons. The zero-order valence-corrected chi connectivity index (χ0v) is 11.7. The summed E-state index contributed by atoms with van der Waals surface area (Å²) in [5.74, 6) is 1.92. The van der Waals surface area contributed by atoms with Gasteiger partial charge in [0.05, 0.1) is 7.11 Å². The molecular weight excluding hydrogens is 222 g/mol. The SMILES string of the molecule is CCC1CCN(CCc2ccc(OC)cc2)CC1. The van der Waals surface area contributed by atoms with Crippen LogP contribution in [0.25, 0.3) is 0 Å². The van der Waals surface area contributed by atoms with Crippen LogP contribution >= 0.6 is 0 Å². The van der Waals surface area contributed by atoms with Crippen LogP contribution in [0.4, 0.5) is 0 Å². The fourth-order valence-corrected chi connectivity index (χ4v) is 2.70. The predicted octanol–water partition coefficient (Wildman–Crippen LogP) is 3.36. The summed E-state index contributed by atoms with van der Waals surface area (Å²) < 4.78 is 5.18. The van der Waals surface area contributed by atoms with Crippen molar-refractivity contribution in [1.29, 1.82) is 0 Å². The molecule has 0 unspecified atom stereocenters. The van der Waals surface area contributed by atoms with E-state index in [1.165, 1.54) is 44.5 Å². The molecule has 0 amide bonds. The number of rotatable bonds is 5. The molecule has 0 saturated carbocycles. The highest BCUT2D eigenvalue weighted by Gasteiger charge is 2.16. The number of piperidine rings is 1. The summed E-state index contributed by atoms with van der Waals surface area (Å²) in [5, 5.41) is 0. The summed E-state index contributed by atoms with van der Waals surface area (Å²) in [5.41, 5.74) is 1.41. The molecule has 2 nitrogen and oxygen atoms in total. The van der Waals surface area contributed by atoms with Crippen molar-refractivity contribution in [2.75, 3.05) is 26.7 Å². The Hall–Kier alpha value is -1.02. The standard InChI is InChI=1S/C16H25NO/c1-3-14-8-11-17(12-9-14)13-10-15-4-6-16(18-2)7-5-15/h4-7,14H,3,8-13H2,1-2H3. The Bertz CT molecular complexity index is 339. The van der Waals surface area contributed by atoms with Gasteiger partial charge in [-0.3, -0.25) is 0 Å². The lowest BCUT2D eigenvalue weighted by Gasteiger charge is -2.31. The molecule has 0 aliphatic carbocycles. The van der Waals surface area contributed by atoms with E-state index in [0.29, 0.717) is 0 Å². The second kappa shape index (κ2) is 6.79. The van der Waals surface area contributed by atoms with Crippen LogP contribution in [0.2, 0.25) is 0 Å². The summed E-state index contributed by atoms with van der Waals surface area (Å²) in [6.07, 6.45) is 5.28. The van der Waals surface area contributed by atoms with Gasteiger partial charge in [0.25, 0.3) is 0 Å². The van der Waals surface area contributed by atoms with Gasteiger partial charge in [0, 0.05) is 6.54 Å². The second-order valence-corrected chi connectivity index (χ2v) is 5.29. The Morgan fingerprint density at radius 3 is 2.39 bits per heavy atom. The molecule has 1 aliphatic heterocycles. The summed E-state index contributed by atoms with van der Waals surface area (Å²) in [4.78, 5) is 2.61. The first kappa shape index (κ1) is 13.4. The van der Waals surface area contributed by atoms with E-state index >= 15 is 0 Å². The number of likely N-dealkylation sites (tertiary alicyclic amines) is 1. The van der Waals surface area contributed by atoms with Crippen molar-refractivity contribution in [3.05, 3.63) is 29.8 Å². The molecule has 1 fully saturated rings. The number of methoxy groups -OCH3 is 1. The van der Waals surface area contributed by atoms with E-state index in [-0.39, 0.29) is 0 Å². The second-order valence-electron chi connectivity index (χ2n) is 5.29. The fraction of sp³-hybridized carbons (Fsp3) is 0.625. The minimum absolute atomic E-state index is 0.947. The van der Waals surface area contributed by atoms with Gasteiger partial charge >= 0.3 is 0 Å². The minimum atomic E-state index is 0.947. The maximum Gasteiger partial charge on any atom is 0.118 e. The Labute approximate surface area is 111 Å². The zero-order chi connectivity index (χ0) is 12.8. The van der Waals surface area contributed by atoms with E-state index in [2.05, 4.69) is 36.1 Å². The van der Waals surface area contributed by atoms with Crippen LogP contribution < -0.4 is 4.74 Å². The zero-order valence-electron chi connectivity index (χ0n) is 11.7. The number of benzene rings is 1. The highest BCUT2D eigenvalue weighted by molar-refractivity contribution is 5.27. The average molecular weight is 247 g/mol. The van der Waals surface area contributed by atoms with Gasteiger partial charge < -0.3 is 9.64 Å². The van der Waals surface area contributed by atoms with Crippen LogP contribution in [0.5, 0.6) is 5.75 Å². The van der Waals surface area contributed by atoms with Crippen molar-refractivity contribution in [3.63, 3.8) is 0 Å². The lowest BCUT2D eigenvalue weighted by atomic mass is 9.94. The van der Waals surface area contributed by atoms with Crippen LogP contribution in [-0.2, 0) is 6.42 Å². The smallest absolute Gasteiger partial charge is 0.118 e. The molecule has 0 atom stereocenters. The molecule has 0 spiro atoms. The molecule has 2 heteroatoms. The molecule has 0 aromatic heterocycles. The quantitative estimate of drug-likeness (QED) is 0.791. The third-order valence-corrected chi connectivity index (χ3v) is 4.16. The Balaban J connectivity index is 1.74. The number of hydrogen-bond acceptors (Lipinski definition) is 2. The molecule has 0 radical (unpaired) electrons. The summed E-state index contributed by atoms with van der Waals surface area (Å²) >= 11 is 0. The topological polar surface area (TPSA) is 12.5 Å². The van der Waals surface area contributed by atoms with E-state index in [4.69, 9.17) is 4.74 Å². The molecule has 0 bridgehead atoms. The Morgan fingerprint density at radius 2 is 1.83 bits per heavy atom. The molecular formula is C16H25NO. The maximum atomic E-state index is 5.18. The first-order chi connectivity index (χ1) is 8.81. The van der Waals surface area contributed by atoms with Gasteiger partial charge in [-0.1, -0.05) is 25.5 Å². The molecule has 1 saturated heterocycles. The van der Waals surface area contributed by atoms with Crippen LogP contribution in [0.15, 0.2) is 24.3 Å². The van der Waals surface area contributed by atoms with E-state index in [1.54, 1.807) is 7.11 Å². The summed E-state index contributed by atoms with van der Waals surface area (Å²) in [7, 11) is 1.72. The average Bonchev–Trinajstić information content (AvgIpc) is 2.46. The van der Waals surface area contributed by atoms with Gasteiger partial charge in [-0.25, -0.2) is 0 Å². The van der Waals surface area contributed by atoms with Gasteiger partial charge in [0.1, 0.15) is 5.75 Å². The fourth-order valence-electron chi connectivity index (χ4n) is 2.70. The minimum Gasteiger partial charge on any atom is -0.497 e. The van der Waals surface area contributed by atoms with Crippen LogP contribution in [0.1, 0.15) is 31.7 Å². The molecule has 1 aromatic rings.